The summed E-state index contributed by atoms with van der Waals surface area (Å²) in [4.78, 5) is 0. The normalized spacial score (nSPS) is 31.3. The van der Waals surface area contributed by atoms with Gasteiger partial charge in [-0.1, -0.05) is 122 Å². The van der Waals surface area contributed by atoms with Crippen LogP contribution in [0.25, 0.3) is 11.1 Å². The predicted molar refractivity (Wildman–Crippen MR) is 173 cm³/mol. The zero-order valence-corrected chi connectivity index (χ0v) is 25.0. The van der Waals surface area contributed by atoms with Crippen molar-refractivity contribution in [1.82, 2.24) is 10.6 Å². The standard InChI is InChI=1S/C38H40N2S/c1-38(2)31-16-8-9-17-34(31)41-35-18-10-15-30(36(35)38)33-23-32(39-37(40-33)24-11-4-3-5-12-24)26-19-20-29-27(22-26)21-25-13-6-7-14-28(25)29/h3-9,11-16,19-20,22,32-37,39-40H,10,17-18,21,23H2,1-2H3. The summed E-state index contributed by atoms with van der Waals surface area (Å²) in [7, 11) is 0. The third-order valence-electron chi connectivity index (χ3n) is 10.5. The second kappa shape index (κ2) is 10.2. The summed E-state index contributed by atoms with van der Waals surface area (Å²) >= 11 is 2.27. The first-order chi connectivity index (χ1) is 20.1. The van der Waals surface area contributed by atoms with Crippen LogP contribution in [0.15, 0.2) is 108 Å². The molecule has 3 heteroatoms. The molecule has 2 saturated heterocycles. The van der Waals surface area contributed by atoms with E-state index in [0.29, 0.717) is 28.5 Å². The molecule has 2 nitrogen and oxygen atoms in total. The summed E-state index contributed by atoms with van der Waals surface area (Å²) in [6.07, 6.45) is 15.7. The molecule has 3 aliphatic carbocycles. The lowest BCUT2D eigenvalue weighted by atomic mass is 9.62. The summed E-state index contributed by atoms with van der Waals surface area (Å²) in [5.41, 5.74) is 12.0. The Bertz CT molecular complexity index is 1560. The molecule has 3 aromatic carbocycles. The van der Waals surface area contributed by atoms with Crippen molar-refractivity contribution in [3.63, 3.8) is 0 Å². The molecule has 3 aromatic rings. The lowest BCUT2D eigenvalue weighted by Crippen LogP contribution is -2.54. The van der Waals surface area contributed by atoms with Gasteiger partial charge >= 0.3 is 0 Å². The average molecular weight is 557 g/mol. The Morgan fingerprint density at radius 3 is 2.54 bits per heavy atom. The minimum absolute atomic E-state index is 0.121. The third kappa shape index (κ3) is 4.40. The van der Waals surface area contributed by atoms with Crippen LogP contribution in [-0.2, 0) is 6.42 Å². The van der Waals surface area contributed by atoms with Gasteiger partial charge in [-0.15, -0.1) is 11.8 Å². The zero-order chi connectivity index (χ0) is 27.6. The van der Waals surface area contributed by atoms with Crippen molar-refractivity contribution in [3.05, 3.63) is 131 Å². The summed E-state index contributed by atoms with van der Waals surface area (Å²) in [5, 5.41) is 9.51. The highest BCUT2D eigenvalue weighted by Gasteiger charge is 2.51. The number of benzene rings is 3. The van der Waals surface area contributed by atoms with E-state index in [1.54, 1.807) is 11.1 Å². The highest BCUT2D eigenvalue weighted by molar-refractivity contribution is 8.00. The van der Waals surface area contributed by atoms with Crippen LogP contribution in [0.3, 0.4) is 0 Å². The van der Waals surface area contributed by atoms with E-state index in [-0.39, 0.29) is 11.6 Å². The molecule has 6 unspecified atom stereocenters. The number of thioether (sulfide) groups is 1. The Kier molecular flexibility index (Phi) is 6.40. The van der Waals surface area contributed by atoms with Crippen LogP contribution in [0.1, 0.15) is 74.0 Å². The van der Waals surface area contributed by atoms with E-state index in [9.17, 15) is 0 Å². The molecule has 0 saturated carbocycles. The minimum atomic E-state index is 0.121. The fourth-order valence-electron chi connectivity index (χ4n) is 8.57. The molecule has 0 radical (unpaired) electrons. The summed E-state index contributed by atoms with van der Waals surface area (Å²) in [5.74, 6) is 0.567. The summed E-state index contributed by atoms with van der Waals surface area (Å²) < 4.78 is 0. The topological polar surface area (TPSA) is 24.1 Å². The number of rotatable bonds is 3. The smallest absolute Gasteiger partial charge is 0.0844 e. The van der Waals surface area contributed by atoms with Gasteiger partial charge in [-0.2, -0.15) is 0 Å². The first kappa shape index (κ1) is 25.8. The molecule has 2 heterocycles. The highest BCUT2D eigenvalue weighted by Crippen LogP contribution is 2.58. The molecule has 0 amide bonds. The van der Waals surface area contributed by atoms with E-state index in [2.05, 4.69) is 133 Å². The molecule has 208 valence electrons. The number of fused-ring (bicyclic) bond motifs is 5. The molecule has 0 bridgehead atoms. The second-order valence-electron chi connectivity index (χ2n) is 13.2. The maximum Gasteiger partial charge on any atom is 0.0844 e. The first-order valence-corrected chi connectivity index (χ1v) is 16.5. The molecule has 0 spiro atoms. The average Bonchev–Trinajstić information content (AvgIpc) is 3.39. The SMILES string of the molecule is CC1(C)C2=CC=CCC2SC2CCC=C(C3CC(c4ccc5c(c4)Cc4ccccc4-5)NC(c4ccccc4)N3)C21. The van der Waals surface area contributed by atoms with Crippen LogP contribution < -0.4 is 10.6 Å². The van der Waals surface area contributed by atoms with E-state index < -0.39 is 0 Å². The van der Waals surface area contributed by atoms with Gasteiger partial charge in [-0.3, -0.25) is 10.6 Å². The molecule has 5 aliphatic rings. The van der Waals surface area contributed by atoms with E-state index in [4.69, 9.17) is 0 Å². The molecule has 41 heavy (non-hydrogen) atoms. The van der Waals surface area contributed by atoms with Crippen molar-refractivity contribution in [2.24, 2.45) is 11.3 Å². The lowest BCUT2D eigenvalue weighted by molar-refractivity contribution is 0.210. The Labute approximate surface area is 249 Å². The van der Waals surface area contributed by atoms with Crippen LogP contribution in [0.2, 0.25) is 0 Å². The zero-order valence-electron chi connectivity index (χ0n) is 24.1. The van der Waals surface area contributed by atoms with E-state index in [0.717, 1.165) is 12.8 Å². The van der Waals surface area contributed by atoms with Gasteiger partial charge in [0.25, 0.3) is 0 Å². The summed E-state index contributed by atoms with van der Waals surface area (Å²) in [6, 6.07) is 27.8. The van der Waals surface area contributed by atoms with Gasteiger partial charge in [-0.25, -0.2) is 0 Å². The van der Waals surface area contributed by atoms with Crippen LogP contribution >= 0.6 is 11.8 Å². The predicted octanol–water partition coefficient (Wildman–Crippen LogP) is 8.68. The van der Waals surface area contributed by atoms with Crippen molar-refractivity contribution < 1.29 is 0 Å². The van der Waals surface area contributed by atoms with Crippen LogP contribution in [0.5, 0.6) is 0 Å². The van der Waals surface area contributed by atoms with Gasteiger partial charge in [0, 0.05) is 28.5 Å². The van der Waals surface area contributed by atoms with Crippen molar-refractivity contribution in [2.75, 3.05) is 0 Å². The number of nitrogens with one attached hydrogen (secondary N) is 2. The fraction of sp³-hybridized carbons (Fsp3) is 0.368. The monoisotopic (exact) mass is 556 g/mol. The largest absolute Gasteiger partial charge is 0.291 e. The van der Waals surface area contributed by atoms with Crippen molar-refractivity contribution in [1.29, 1.82) is 0 Å². The van der Waals surface area contributed by atoms with Crippen molar-refractivity contribution in [3.8, 4) is 11.1 Å². The number of hydrogen-bond acceptors (Lipinski definition) is 3. The van der Waals surface area contributed by atoms with Crippen LogP contribution in [-0.4, -0.2) is 16.5 Å². The first-order valence-electron chi connectivity index (χ1n) is 15.6. The Morgan fingerprint density at radius 1 is 0.829 bits per heavy atom. The van der Waals surface area contributed by atoms with Crippen molar-refractivity contribution >= 4 is 11.8 Å². The molecule has 2 aliphatic heterocycles. The lowest BCUT2D eigenvalue weighted by Gasteiger charge is -2.54. The maximum atomic E-state index is 4.13. The van der Waals surface area contributed by atoms with Crippen molar-refractivity contribution in [2.45, 2.75) is 74.7 Å². The fourth-order valence-corrected chi connectivity index (χ4v) is 10.7. The Balaban J connectivity index is 1.15. The van der Waals surface area contributed by atoms with Gasteiger partial charge in [-0.05, 0) is 70.9 Å². The van der Waals surface area contributed by atoms with Crippen LogP contribution in [0.4, 0.5) is 0 Å². The third-order valence-corrected chi connectivity index (χ3v) is 12.1. The molecule has 0 aromatic heterocycles. The molecular weight excluding hydrogens is 516 g/mol. The van der Waals surface area contributed by atoms with Gasteiger partial charge in [0.05, 0.1) is 6.17 Å². The van der Waals surface area contributed by atoms with Gasteiger partial charge in [0.15, 0.2) is 0 Å². The molecule has 8 rings (SSSR count). The maximum absolute atomic E-state index is 4.13. The van der Waals surface area contributed by atoms with Gasteiger partial charge < -0.3 is 0 Å². The van der Waals surface area contributed by atoms with Gasteiger partial charge in [0.1, 0.15) is 0 Å². The molecule has 6 atom stereocenters. The van der Waals surface area contributed by atoms with E-state index in [1.807, 2.05) is 0 Å². The molecule has 2 fully saturated rings. The van der Waals surface area contributed by atoms with E-state index >= 15 is 0 Å². The number of allylic oxidation sites excluding steroid dienone is 4. The minimum Gasteiger partial charge on any atom is -0.291 e. The van der Waals surface area contributed by atoms with E-state index in [1.165, 1.54) is 52.6 Å². The van der Waals surface area contributed by atoms with Crippen LogP contribution in [0, 0.1) is 11.3 Å². The molecular formula is C38H40N2S. The Morgan fingerprint density at radius 2 is 1.63 bits per heavy atom. The number of hydrogen-bond donors (Lipinski definition) is 2. The summed E-state index contributed by atoms with van der Waals surface area (Å²) in [6.45, 7) is 5.07. The Hall–Kier alpha value is -2.85. The second-order valence-corrected chi connectivity index (χ2v) is 14.6. The molecule has 2 N–H and O–H groups in total. The van der Waals surface area contributed by atoms with Gasteiger partial charge in [0.2, 0.25) is 0 Å². The highest BCUT2D eigenvalue weighted by atomic mass is 32.2. The quantitative estimate of drug-likeness (QED) is 0.247.